The first kappa shape index (κ1) is 30.4. The standard InChI is InChI=1S/C49H31N3O2/c1-3-13-30(14-4-1)32-25-26-39-44(29-32)54-42-23-11-20-36(45(39)42)35-27-28-37(34-18-8-7-17-33(34)35)48-50-47(31-15-5-2-6-16-31)51-49(52-48)40-21-12-24-43-46(40)38-19-9-10-22-41(38)53-43/h1-29,48H,(H,50,51,52). The number of benzene rings is 8. The van der Waals surface area contributed by atoms with E-state index in [0.29, 0.717) is 5.84 Å². The van der Waals surface area contributed by atoms with E-state index in [-0.39, 0.29) is 0 Å². The molecule has 0 amide bonds. The molecule has 5 nitrogen and oxygen atoms in total. The van der Waals surface area contributed by atoms with Gasteiger partial charge in [-0.15, -0.1) is 0 Å². The van der Waals surface area contributed by atoms with Crippen LogP contribution in [0.1, 0.15) is 22.9 Å². The maximum atomic E-state index is 6.52. The summed E-state index contributed by atoms with van der Waals surface area (Å²) in [5.41, 5.74) is 11.0. The summed E-state index contributed by atoms with van der Waals surface area (Å²) in [5.74, 6) is 1.43. The number of amidine groups is 2. The maximum absolute atomic E-state index is 6.52. The summed E-state index contributed by atoms with van der Waals surface area (Å²) >= 11 is 0. The predicted molar refractivity (Wildman–Crippen MR) is 221 cm³/mol. The Balaban J connectivity index is 1.07. The van der Waals surface area contributed by atoms with E-state index < -0.39 is 6.17 Å². The Morgan fingerprint density at radius 1 is 0.407 bits per heavy atom. The highest BCUT2D eigenvalue weighted by molar-refractivity contribution is 6.22. The molecule has 254 valence electrons. The lowest BCUT2D eigenvalue weighted by molar-refractivity contribution is 0.668. The number of aliphatic imine (C=N–C) groups is 2. The molecular weight excluding hydrogens is 663 g/mol. The molecule has 0 aliphatic carbocycles. The van der Waals surface area contributed by atoms with Crippen LogP contribution in [-0.2, 0) is 0 Å². The minimum Gasteiger partial charge on any atom is -0.456 e. The number of rotatable bonds is 5. The van der Waals surface area contributed by atoms with Crippen molar-refractivity contribution in [2.45, 2.75) is 6.17 Å². The van der Waals surface area contributed by atoms with Crippen molar-refractivity contribution in [1.29, 1.82) is 0 Å². The molecule has 10 aromatic rings. The van der Waals surface area contributed by atoms with Gasteiger partial charge in [-0.05, 0) is 63.4 Å². The van der Waals surface area contributed by atoms with E-state index in [0.717, 1.165) is 93.9 Å². The highest BCUT2D eigenvalue weighted by Gasteiger charge is 2.26. The third-order valence-electron chi connectivity index (χ3n) is 10.6. The van der Waals surface area contributed by atoms with Crippen LogP contribution in [0.4, 0.5) is 0 Å². The lowest BCUT2D eigenvalue weighted by Gasteiger charge is -2.25. The molecule has 1 atom stereocenters. The van der Waals surface area contributed by atoms with E-state index in [1.807, 2.05) is 54.6 Å². The van der Waals surface area contributed by atoms with E-state index in [1.54, 1.807) is 0 Å². The van der Waals surface area contributed by atoms with Crippen LogP contribution < -0.4 is 5.32 Å². The molecule has 0 bridgehead atoms. The quantitative estimate of drug-likeness (QED) is 0.195. The summed E-state index contributed by atoms with van der Waals surface area (Å²) < 4.78 is 12.8. The van der Waals surface area contributed by atoms with E-state index in [1.165, 1.54) is 5.56 Å². The second-order valence-corrected chi connectivity index (χ2v) is 13.7. The number of furan rings is 2. The molecule has 0 radical (unpaired) electrons. The number of hydrogen-bond donors (Lipinski definition) is 1. The molecule has 3 heterocycles. The third kappa shape index (κ3) is 4.86. The minimum absolute atomic E-state index is 0.401. The topological polar surface area (TPSA) is 63.0 Å². The molecule has 1 N–H and O–H groups in total. The first-order valence-corrected chi connectivity index (χ1v) is 18.2. The van der Waals surface area contributed by atoms with E-state index in [4.69, 9.17) is 18.8 Å². The van der Waals surface area contributed by atoms with Crippen molar-refractivity contribution in [3.05, 3.63) is 193 Å². The summed E-state index contributed by atoms with van der Waals surface area (Å²) in [7, 11) is 0. The summed E-state index contributed by atoms with van der Waals surface area (Å²) in [4.78, 5) is 10.4. The monoisotopic (exact) mass is 693 g/mol. The third-order valence-corrected chi connectivity index (χ3v) is 10.6. The molecule has 0 saturated carbocycles. The number of nitrogens with one attached hydrogen (secondary N) is 1. The summed E-state index contributed by atoms with van der Waals surface area (Å²) in [6, 6.07) is 60.9. The van der Waals surface area contributed by atoms with Crippen LogP contribution in [0, 0.1) is 0 Å². The molecule has 0 saturated heterocycles. The minimum atomic E-state index is -0.401. The zero-order chi connectivity index (χ0) is 35.6. The number of nitrogens with zero attached hydrogens (tertiary/aromatic N) is 2. The molecule has 8 aromatic carbocycles. The average Bonchev–Trinajstić information content (AvgIpc) is 3.82. The van der Waals surface area contributed by atoms with E-state index in [9.17, 15) is 0 Å². The van der Waals surface area contributed by atoms with Gasteiger partial charge in [0.1, 0.15) is 34.3 Å². The Hall–Kier alpha value is -7.24. The molecular formula is C49H31N3O2. The molecule has 0 spiro atoms. The highest BCUT2D eigenvalue weighted by atomic mass is 16.3. The second-order valence-electron chi connectivity index (χ2n) is 13.7. The van der Waals surface area contributed by atoms with Crippen molar-refractivity contribution in [2.24, 2.45) is 9.98 Å². The fraction of sp³-hybridized carbons (Fsp3) is 0.0204. The highest BCUT2D eigenvalue weighted by Crippen LogP contribution is 2.42. The molecule has 1 aliphatic heterocycles. The van der Waals surface area contributed by atoms with Gasteiger partial charge in [0.25, 0.3) is 0 Å². The van der Waals surface area contributed by atoms with Gasteiger partial charge in [-0.3, -0.25) is 0 Å². The molecule has 0 fully saturated rings. The Morgan fingerprint density at radius 3 is 1.81 bits per heavy atom. The van der Waals surface area contributed by atoms with Gasteiger partial charge >= 0.3 is 0 Å². The van der Waals surface area contributed by atoms with Gasteiger partial charge in [-0.2, -0.15) is 0 Å². The Morgan fingerprint density at radius 2 is 1.02 bits per heavy atom. The number of para-hydroxylation sites is 1. The SMILES string of the molecule is c1ccc(C2=NC(c3ccc(-c4cccc5oc6cc(-c7ccccc7)ccc6c45)c4ccccc34)NC(c3cccc4oc5ccccc5c34)=N2)cc1. The molecule has 2 aromatic heterocycles. The lowest BCUT2D eigenvalue weighted by atomic mass is 9.91. The van der Waals surface area contributed by atoms with Gasteiger partial charge in [-0.1, -0.05) is 146 Å². The molecule has 11 rings (SSSR count). The average molecular weight is 694 g/mol. The van der Waals surface area contributed by atoms with Gasteiger partial charge in [0.2, 0.25) is 0 Å². The first-order chi connectivity index (χ1) is 26.8. The van der Waals surface area contributed by atoms with Crippen molar-refractivity contribution >= 4 is 66.3 Å². The normalized spacial score (nSPS) is 14.5. The molecule has 1 unspecified atom stereocenters. The second kappa shape index (κ2) is 12.2. The van der Waals surface area contributed by atoms with Gasteiger partial charge in [-0.25, -0.2) is 9.98 Å². The van der Waals surface area contributed by atoms with Crippen LogP contribution in [0.15, 0.2) is 195 Å². The van der Waals surface area contributed by atoms with Gasteiger partial charge in [0.05, 0.1) is 0 Å². The summed E-state index contributed by atoms with van der Waals surface area (Å²) in [6.07, 6.45) is -0.401. The van der Waals surface area contributed by atoms with Crippen molar-refractivity contribution < 1.29 is 8.83 Å². The zero-order valence-electron chi connectivity index (χ0n) is 29.0. The summed E-state index contributed by atoms with van der Waals surface area (Å²) in [5, 5.41) is 10.3. The van der Waals surface area contributed by atoms with E-state index in [2.05, 4.69) is 127 Å². The maximum Gasteiger partial charge on any atom is 0.159 e. The van der Waals surface area contributed by atoms with E-state index >= 15 is 0 Å². The number of fused-ring (bicyclic) bond motifs is 7. The molecule has 54 heavy (non-hydrogen) atoms. The Kier molecular flexibility index (Phi) is 6.85. The lowest BCUT2D eigenvalue weighted by Crippen LogP contribution is -2.33. The van der Waals surface area contributed by atoms with Crippen LogP contribution >= 0.6 is 0 Å². The smallest absolute Gasteiger partial charge is 0.159 e. The summed E-state index contributed by atoms with van der Waals surface area (Å²) in [6.45, 7) is 0. The van der Waals surface area contributed by atoms with Gasteiger partial charge in [0.15, 0.2) is 5.84 Å². The Labute approximate surface area is 310 Å². The largest absolute Gasteiger partial charge is 0.456 e. The van der Waals surface area contributed by atoms with Crippen molar-refractivity contribution in [1.82, 2.24) is 5.32 Å². The molecule has 1 aliphatic rings. The first-order valence-electron chi connectivity index (χ1n) is 18.2. The predicted octanol–water partition coefficient (Wildman–Crippen LogP) is 12.5. The zero-order valence-corrected chi connectivity index (χ0v) is 29.0. The fourth-order valence-corrected chi connectivity index (χ4v) is 8.09. The van der Waals surface area contributed by atoms with Gasteiger partial charge < -0.3 is 14.2 Å². The van der Waals surface area contributed by atoms with Crippen LogP contribution in [0.2, 0.25) is 0 Å². The van der Waals surface area contributed by atoms with Crippen molar-refractivity contribution in [2.75, 3.05) is 0 Å². The van der Waals surface area contributed by atoms with Crippen molar-refractivity contribution in [3.63, 3.8) is 0 Å². The van der Waals surface area contributed by atoms with Crippen molar-refractivity contribution in [3.8, 4) is 22.3 Å². The van der Waals surface area contributed by atoms with Crippen LogP contribution in [0.3, 0.4) is 0 Å². The van der Waals surface area contributed by atoms with Crippen LogP contribution in [0.25, 0.3) is 76.9 Å². The van der Waals surface area contributed by atoms with Crippen LogP contribution in [0.5, 0.6) is 0 Å². The molecule has 5 heteroatoms. The fourth-order valence-electron chi connectivity index (χ4n) is 8.09. The number of hydrogen-bond acceptors (Lipinski definition) is 5. The Bertz CT molecular complexity index is 3140. The van der Waals surface area contributed by atoms with Crippen LogP contribution in [-0.4, -0.2) is 11.7 Å². The van der Waals surface area contributed by atoms with Gasteiger partial charge in [0, 0.05) is 38.2 Å².